The van der Waals surface area contributed by atoms with Gasteiger partial charge in [-0.1, -0.05) is 18.2 Å². The van der Waals surface area contributed by atoms with Gasteiger partial charge in [0.1, 0.15) is 17.3 Å². The molecule has 0 saturated heterocycles. The van der Waals surface area contributed by atoms with Crippen LogP contribution in [0.1, 0.15) is 24.0 Å². The van der Waals surface area contributed by atoms with Gasteiger partial charge in [0.05, 0.1) is 7.11 Å². The lowest BCUT2D eigenvalue weighted by Gasteiger charge is -2.19. The average Bonchev–Trinajstić information content (AvgIpc) is 3.46. The van der Waals surface area contributed by atoms with Crippen LogP contribution in [0, 0.1) is 5.82 Å². The number of phenolic OH excluding ortho intramolecular Hbond substituents is 1. The van der Waals surface area contributed by atoms with Gasteiger partial charge in [-0.3, -0.25) is 4.99 Å². The Kier molecular flexibility index (Phi) is 5.84. The molecule has 0 radical (unpaired) electrons. The second-order valence-corrected chi connectivity index (χ2v) is 6.89. The van der Waals surface area contributed by atoms with Crippen molar-refractivity contribution >= 4 is 5.96 Å². The summed E-state index contributed by atoms with van der Waals surface area (Å²) < 4.78 is 18.6. The molecule has 0 unspecified atom stereocenters. The molecule has 1 saturated carbocycles. The van der Waals surface area contributed by atoms with E-state index >= 15 is 0 Å². The van der Waals surface area contributed by atoms with Crippen LogP contribution < -0.4 is 15.4 Å². The van der Waals surface area contributed by atoms with Gasteiger partial charge in [0, 0.05) is 31.6 Å². The van der Waals surface area contributed by atoms with Gasteiger partial charge in [-0.05, 0) is 48.6 Å². The number of hydrogen-bond donors (Lipinski definition) is 3. The Bertz CT molecular complexity index is 819. The maximum absolute atomic E-state index is 13.5. The van der Waals surface area contributed by atoms with E-state index in [1.807, 2.05) is 18.2 Å². The second-order valence-electron chi connectivity index (χ2n) is 6.89. The van der Waals surface area contributed by atoms with Crippen molar-refractivity contribution in [1.82, 2.24) is 10.6 Å². The fraction of sp³-hybridized carbons (Fsp3) is 0.381. The van der Waals surface area contributed by atoms with Crippen molar-refractivity contribution < 1.29 is 14.2 Å². The molecule has 2 aromatic carbocycles. The summed E-state index contributed by atoms with van der Waals surface area (Å²) in [6.07, 6.45) is 2.74. The molecule has 1 fully saturated rings. The van der Waals surface area contributed by atoms with Gasteiger partial charge in [0.2, 0.25) is 0 Å². The van der Waals surface area contributed by atoms with Crippen molar-refractivity contribution in [2.24, 2.45) is 4.99 Å². The lowest BCUT2D eigenvalue weighted by atomic mass is 9.96. The fourth-order valence-electron chi connectivity index (χ4n) is 3.21. The van der Waals surface area contributed by atoms with Gasteiger partial charge >= 0.3 is 0 Å². The molecule has 0 atom stereocenters. The maximum Gasteiger partial charge on any atom is 0.191 e. The highest BCUT2D eigenvalue weighted by molar-refractivity contribution is 5.79. The van der Waals surface area contributed by atoms with E-state index in [0.717, 1.165) is 24.0 Å². The quantitative estimate of drug-likeness (QED) is 0.517. The lowest BCUT2D eigenvalue weighted by molar-refractivity contribution is 0.406. The number of phenols is 1. The summed E-state index contributed by atoms with van der Waals surface area (Å²) >= 11 is 0. The zero-order valence-electron chi connectivity index (χ0n) is 15.8. The van der Waals surface area contributed by atoms with Crippen LogP contribution in [-0.4, -0.2) is 38.3 Å². The average molecular weight is 371 g/mol. The molecule has 6 heteroatoms. The van der Waals surface area contributed by atoms with E-state index in [2.05, 4.69) is 15.6 Å². The lowest BCUT2D eigenvalue weighted by Crippen LogP contribution is -2.42. The summed E-state index contributed by atoms with van der Waals surface area (Å²) in [5.41, 5.74) is 1.87. The van der Waals surface area contributed by atoms with Gasteiger partial charge in [-0.2, -0.15) is 0 Å². The van der Waals surface area contributed by atoms with Crippen LogP contribution in [0.2, 0.25) is 0 Å². The summed E-state index contributed by atoms with van der Waals surface area (Å²) in [4.78, 5) is 4.25. The minimum atomic E-state index is -0.194. The standard InChI is InChI=1S/C21H26FN3O2/c1-23-20(24-11-8-15-6-7-18(27-2)13-19(15)26)25-14-21(9-10-21)16-4-3-5-17(22)12-16/h3-7,12-13,26H,8-11,14H2,1-2H3,(H2,23,24,25). The molecule has 0 spiro atoms. The van der Waals surface area contributed by atoms with E-state index in [4.69, 9.17) is 4.74 Å². The number of benzene rings is 2. The van der Waals surface area contributed by atoms with Gasteiger partial charge in [0.15, 0.2) is 5.96 Å². The predicted molar refractivity (Wildman–Crippen MR) is 105 cm³/mol. The van der Waals surface area contributed by atoms with Crippen LogP contribution in [0.3, 0.4) is 0 Å². The van der Waals surface area contributed by atoms with Gasteiger partial charge in [-0.25, -0.2) is 4.39 Å². The normalized spacial score (nSPS) is 15.3. The SMILES string of the molecule is CN=C(NCCc1ccc(OC)cc1O)NCC1(c2cccc(F)c2)CC1. The largest absolute Gasteiger partial charge is 0.508 e. The predicted octanol–water partition coefficient (Wildman–Crippen LogP) is 2.98. The number of aliphatic imine (C=N–C) groups is 1. The number of aromatic hydroxyl groups is 1. The summed E-state index contributed by atoms with van der Waals surface area (Å²) in [6, 6.07) is 12.1. The van der Waals surface area contributed by atoms with Crippen LogP contribution >= 0.6 is 0 Å². The third-order valence-corrected chi connectivity index (χ3v) is 5.09. The minimum Gasteiger partial charge on any atom is -0.508 e. The van der Waals surface area contributed by atoms with Crippen molar-refractivity contribution in [3.05, 3.63) is 59.4 Å². The topological polar surface area (TPSA) is 65.9 Å². The zero-order valence-corrected chi connectivity index (χ0v) is 15.8. The molecule has 0 heterocycles. The molecule has 3 rings (SSSR count). The molecule has 0 aromatic heterocycles. The number of ether oxygens (including phenoxy) is 1. The summed E-state index contributed by atoms with van der Waals surface area (Å²) in [5.74, 6) is 1.36. The maximum atomic E-state index is 13.5. The number of methoxy groups -OCH3 is 1. The van der Waals surface area contributed by atoms with E-state index in [1.165, 1.54) is 6.07 Å². The first-order valence-corrected chi connectivity index (χ1v) is 9.13. The molecular weight excluding hydrogens is 345 g/mol. The molecule has 0 bridgehead atoms. The van der Waals surface area contributed by atoms with Gasteiger partial charge < -0.3 is 20.5 Å². The van der Waals surface area contributed by atoms with Crippen molar-refractivity contribution in [3.63, 3.8) is 0 Å². The Morgan fingerprint density at radius 1 is 1.22 bits per heavy atom. The molecule has 27 heavy (non-hydrogen) atoms. The van der Waals surface area contributed by atoms with Gasteiger partial charge in [0.25, 0.3) is 0 Å². The molecule has 144 valence electrons. The van der Waals surface area contributed by atoms with E-state index in [-0.39, 0.29) is 17.0 Å². The van der Waals surface area contributed by atoms with Crippen LogP contribution in [0.4, 0.5) is 4.39 Å². The first kappa shape index (κ1) is 19.0. The monoisotopic (exact) mass is 371 g/mol. The highest BCUT2D eigenvalue weighted by atomic mass is 19.1. The van der Waals surface area contributed by atoms with E-state index in [9.17, 15) is 9.50 Å². The summed E-state index contributed by atoms with van der Waals surface area (Å²) in [7, 11) is 3.30. The van der Waals surface area contributed by atoms with E-state index in [0.29, 0.717) is 31.2 Å². The number of halogens is 1. The Morgan fingerprint density at radius 2 is 2.04 bits per heavy atom. The Balaban J connectivity index is 1.50. The number of nitrogens with zero attached hydrogens (tertiary/aromatic N) is 1. The molecule has 3 N–H and O–H groups in total. The van der Waals surface area contributed by atoms with E-state index < -0.39 is 0 Å². The van der Waals surface area contributed by atoms with E-state index in [1.54, 1.807) is 32.4 Å². The van der Waals surface area contributed by atoms with Gasteiger partial charge in [-0.15, -0.1) is 0 Å². The molecule has 0 amide bonds. The molecule has 1 aliphatic carbocycles. The smallest absolute Gasteiger partial charge is 0.191 e. The second kappa shape index (κ2) is 8.29. The number of rotatable bonds is 7. The highest BCUT2D eigenvalue weighted by Gasteiger charge is 2.44. The Hall–Kier alpha value is -2.76. The van der Waals surface area contributed by atoms with Crippen LogP contribution in [-0.2, 0) is 11.8 Å². The minimum absolute atomic E-state index is 0.00598. The fourth-order valence-corrected chi connectivity index (χ4v) is 3.21. The molecule has 0 aliphatic heterocycles. The molecular formula is C21H26FN3O2. The Morgan fingerprint density at radius 3 is 2.67 bits per heavy atom. The van der Waals surface area contributed by atoms with Crippen molar-refractivity contribution in [3.8, 4) is 11.5 Å². The third kappa shape index (κ3) is 4.70. The molecule has 1 aliphatic rings. The van der Waals surface area contributed by atoms with Crippen LogP contribution in [0.25, 0.3) is 0 Å². The number of guanidine groups is 1. The summed E-state index contributed by atoms with van der Waals surface area (Å²) in [5, 5.41) is 16.6. The van der Waals surface area contributed by atoms with Crippen molar-refractivity contribution in [2.75, 3.05) is 27.2 Å². The number of nitrogens with one attached hydrogen (secondary N) is 2. The van der Waals surface area contributed by atoms with Crippen molar-refractivity contribution in [1.29, 1.82) is 0 Å². The summed E-state index contributed by atoms with van der Waals surface area (Å²) in [6.45, 7) is 1.34. The van der Waals surface area contributed by atoms with Crippen LogP contribution in [0.15, 0.2) is 47.5 Å². The van der Waals surface area contributed by atoms with Crippen molar-refractivity contribution in [2.45, 2.75) is 24.7 Å². The third-order valence-electron chi connectivity index (χ3n) is 5.09. The zero-order chi connectivity index (χ0) is 19.3. The first-order chi connectivity index (χ1) is 13.1. The van der Waals surface area contributed by atoms with Crippen LogP contribution in [0.5, 0.6) is 11.5 Å². The molecule has 5 nitrogen and oxygen atoms in total. The number of hydrogen-bond acceptors (Lipinski definition) is 3. The Labute approximate surface area is 159 Å². The first-order valence-electron chi connectivity index (χ1n) is 9.13. The highest BCUT2D eigenvalue weighted by Crippen LogP contribution is 2.47. The molecule has 2 aromatic rings.